The number of hydrogen-bond acceptors (Lipinski definition) is 9. The van der Waals surface area contributed by atoms with Gasteiger partial charge in [-0.25, -0.2) is 8.42 Å². The molecule has 1 amide bonds. The van der Waals surface area contributed by atoms with E-state index in [1.807, 2.05) is 0 Å². The Labute approximate surface area is 206 Å². The monoisotopic (exact) mass is 508 g/mol. The molecule has 1 aliphatic rings. The number of ether oxygens (including phenoxy) is 3. The fourth-order valence-electron chi connectivity index (χ4n) is 3.46. The zero-order valence-electron chi connectivity index (χ0n) is 18.9. The van der Waals surface area contributed by atoms with E-state index in [1.165, 1.54) is 43.5 Å². The minimum Gasteiger partial charge on any atom is -0.497 e. The topological polar surface area (TPSA) is 142 Å². The van der Waals surface area contributed by atoms with E-state index in [1.54, 1.807) is 30.3 Å². The minimum atomic E-state index is -3.97. The summed E-state index contributed by atoms with van der Waals surface area (Å²) in [6, 6.07) is 17.0. The van der Waals surface area contributed by atoms with E-state index in [4.69, 9.17) is 18.6 Å². The standard InChI is InChI=1S/C24H20N4O7S/c1-32-16-7-9-17(10-8-16)36(30,31)28-19-5-3-2-4-18(19)22(29)25-24-27-26-23(35-24)15-6-11-20-21(14-15)34-13-12-33-20/h2-11,14,28H,12-13H2,1H3,(H,25,27,29). The molecule has 5 rings (SSSR count). The molecule has 0 aliphatic carbocycles. The molecule has 0 bridgehead atoms. The third-order valence-corrected chi connectivity index (χ3v) is 6.60. The third kappa shape index (κ3) is 4.79. The van der Waals surface area contributed by atoms with Crippen molar-refractivity contribution in [2.24, 2.45) is 0 Å². The number of nitrogens with zero attached hydrogens (tertiary/aromatic N) is 2. The van der Waals surface area contributed by atoms with Crippen LogP contribution in [0.15, 0.2) is 76.0 Å². The number of aromatic nitrogens is 2. The molecular weight excluding hydrogens is 488 g/mol. The zero-order valence-corrected chi connectivity index (χ0v) is 19.7. The lowest BCUT2D eigenvalue weighted by Gasteiger charge is -2.18. The fraction of sp³-hybridized carbons (Fsp3) is 0.125. The Bertz CT molecular complexity index is 1520. The van der Waals surface area contributed by atoms with Gasteiger partial charge in [-0.05, 0) is 54.6 Å². The fourth-order valence-corrected chi connectivity index (χ4v) is 4.54. The molecule has 36 heavy (non-hydrogen) atoms. The number of anilines is 2. The molecule has 2 N–H and O–H groups in total. The molecule has 11 nitrogen and oxygen atoms in total. The Balaban J connectivity index is 1.33. The van der Waals surface area contributed by atoms with E-state index in [0.717, 1.165) is 0 Å². The van der Waals surface area contributed by atoms with Gasteiger partial charge in [-0.15, -0.1) is 5.10 Å². The Morgan fingerprint density at radius 2 is 1.69 bits per heavy atom. The average molecular weight is 509 g/mol. The van der Waals surface area contributed by atoms with Crippen molar-refractivity contribution in [2.75, 3.05) is 30.4 Å². The SMILES string of the molecule is COc1ccc(S(=O)(=O)Nc2ccccc2C(=O)Nc2nnc(-c3ccc4c(c3)OCCO4)o2)cc1. The molecule has 0 saturated carbocycles. The minimum absolute atomic E-state index is 0.0134. The first-order valence-electron chi connectivity index (χ1n) is 10.7. The smallest absolute Gasteiger partial charge is 0.322 e. The van der Waals surface area contributed by atoms with Crippen molar-refractivity contribution in [3.63, 3.8) is 0 Å². The summed E-state index contributed by atoms with van der Waals surface area (Å²) in [5, 5.41) is 10.3. The first kappa shape index (κ1) is 23.2. The number of carbonyl (C=O) groups excluding carboxylic acids is 1. The second kappa shape index (κ2) is 9.58. The average Bonchev–Trinajstić information content (AvgIpc) is 3.37. The Morgan fingerprint density at radius 1 is 0.944 bits per heavy atom. The highest BCUT2D eigenvalue weighted by atomic mass is 32.2. The van der Waals surface area contributed by atoms with Crippen molar-refractivity contribution in [2.45, 2.75) is 4.90 Å². The second-order valence-electron chi connectivity index (χ2n) is 7.55. The van der Waals surface area contributed by atoms with Crippen molar-refractivity contribution in [3.05, 3.63) is 72.3 Å². The first-order chi connectivity index (χ1) is 17.4. The number of benzene rings is 3. The number of para-hydroxylation sites is 1. The Kier molecular flexibility index (Phi) is 6.17. The van der Waals surface area contributed by atoms with Crippen LogP contribution in [0.1, 0.15) is 10.4 Å². The van der Waals surface area contributed by atoms with Gasteiger partial charge in [0.05, 0.1) is 23.3 Å². The quantitative estimate of drug-likeness (QED) is 0.383. The lowest BCUT2D eigenvalue weighted by atomic mass is 10.2. The predicted molar refractivity (Wildman–Crippen MR) is 129 cm³/mol. The Morgan fingerprint density at radius 3 is 2.47 bits per heavy atom. The summed E-state index contributed by atoms with van der Waals surface area (Å²) >= 11 is 0. The summed E-state index contributed by atoms with van der Waals surface area (Å²) in [7, 11) is -2.48. The van der Waals surface area contributed by atoms with Crippen LogP contribution in [0.2, 0.25) is 0 Å². The van der Waals surface area contributed by atoms with E-state index in [2.05, 4.69) is 20.2 Å². The summed E-state index contributed by atoms with van der Waals surface area (Å²) in [5.74, 6) is 1.22. The van der Waals surface area contributed by atoms with E-state index in [0.29, 0.717) is 36.0 Å². The van der Waals surface area contributed by atoms with Gasteiger partial charge in [0.2, 0.25) is 5.89 Å². The molecule has 4 aromatic rings. The lowest BCUT2D eigenvalue weighted by Crippen LogP contribution is -2.18. The molecule has 1 aliphatic heterocycles. The van der Waals surface area contributed by atoms with Gasteiger partial charge in [-0.3, -0.25) is 14.8 Å². The molecule has 0 saturated heterocycles. The van der Waals surface area contributed by atoms with Crippen LogP contribution in [0, 0.1) is 0 Å². The normalized spacial score (nSPS) is 12.6. The van der Waals surface area contributed by atoms with Gasteiger partial charge < -0.3 is 18.6 Å². The Hall–Kier alpha value is -4.58. The summed E-state index contributed by atoms with van der Waals surface area (Å²) in [6.45, 7) is 0.907. The molecule has 3 aromatic carbocycles. The third-order valence-electron chi connectivity index (χ3n) is 5.22. The molecule has 0 fully saturated rings. The molecule has 1 aromatic heterocycles. The molecule has 0 spiro atoms. The van der Waals surface area contributed by atoms with Gasteiger partial charge in [-0.2, -0.15) is 0 Å². The van der Waals surface area contributed by atoms with Gasteiger partial charge >= 0.3 is 6.01 Å². The number of nitrogens with one attached hydrogen (secondary N) is 2. The summed E-state index contributed by atoms with van der Waals surface area (Å²) < 4.78 is 49.9. The largest absolute Gasteiger partial charge is 0.497 e. The van der Waals surface area contributed by atoms with Crippen molar-refractivity contribution in [1.82, 2.24) is 10.2 Å². The van der Waals surface area contributed by atoms with Crippen molar-refractivity contribution in [1.29, 1.82) is 0 Å². The summed E-state index contributed by atoms with van der Waals surface area (Å²) in [4.78, 5) is 13.0. The van der Waals surface area contributed by atoms with Crippen LogP contribution in [0.25, 0.3) is 11.5 Å². The summed E-state index contributed by atoms with van der Waals surface area (Å²) in [6.07, 6.45) is 0. The first-order valence-corrected chi connectivity index (χ1v) is 12.2. The van der Waals surface area contributed by atoms with Gasteiger partial charge in [-0.1, -0.05) is 17.2 Å². The van der Waals surface area contributed by atoms with Crippen molar-refractivity contribution < 1.29 is 31.8 Å². The van der Waals surface area contributed by atoms with Crippen LogP contribution >= 0.6 is 0 Å². The maximum Gasteiger partial charge on any atom is 0.322 e. The number of sulfonamides is 1. The number of carbonyl (C=O) groups is 1. The maximum absolute atomic E-state index is 13.0. The molecule has 184 valence electrons. The van der Waals surface area contributed by atoms with Crippen LogP contribution < -0.4 is 24.2 Å². The van der Waals surface area contributed by atoms with E-state index in [-0.39, 0.29) is 28.1 Å². The molecule has 0 radical (unpaired) electrons. The molecule has 12 heteroatoms. The molecule has 0 atom stereocenters. The van der Waals surface area contributed by atoms with E-state index >= 15 is 0 Å². The van der Waals surface area contributed by atoms with Gasteiger partial charge in [0.1, 0.15) is 19.0 Å². The highest BCUT2D eigenvalue weighted by Gasteiger charge is 2.21. The van der Waals surface area contributed by atoms with Crippen LogP contribution in [0.4, 0.5) is 11.7 Å². The summed E-state index contributed by atoms with van der Waals surface area (Å²) in [5.41, 5.74) is 0.728. The molecule has 0 unspecified atom stereocenters. The molecule has 2 heterocycles. The van der Waals surface area contributed by atoms with Crippen LogP contribution in [0.3, 0.4) is 0 Å². The van der Waals surface area contributed by atoms with Crippen molar-refractivity contribution in [3.8, 4) is 28.7 Å². The number of methoxy groups -OCH3 is 1. The number of rotatable bonds is 7. The van der Waals surface area contributed by atoms with Crippen molar-refractivity contribution >= 4 is 27.6 Å². The van der Waals surface area contributed by atoms with Crippen LogP contribution in [0.5, 0.6) is 17.2 Å². The number of hydrogen-bond donors (Lipinski definition) is 2. The number of amides is 1. The van der Waals surface area contributed by atoms with E-state index in [9.17, 15) is 13.2 Å². The number of fused-ring (bicyclic) bond motifs is 1. The van der Waals surface area contributed by atoms with Crippen LogP contribution in [-0.2, 0) is 10.0 Å². The van der Waals surface area contributed by atoms with Gasteiger partial charge in [0, 0.05) is 5.56 Å². The second-order valence-corrected chi connectivity index (χ2v) is 9.23. The van der Waals surface area contributed by atoms with Gasteiger partial charge in [0.15, 0.2) is 11.5 Å². The molecular formula is C24H20N4O7S. The van der Waals surface area contributed by atoms with Crippen LogP contribution in [-0.4, -0.2) is 44.8 Å². The van der Waals surface area contributed by atoms with E-state index < -0.39 is 15.9 Å². The zero-order chi connectivity index (χ0) is 25.1. The highest BCUT2D eigenvalue weighted by Crippen LogP contribution is 2.34. The van der Waals surface area contributed by atoms with Gasteiger partial charge in [0.25, 0.3) is 15.9 Å². The maximum atomic E-state index is 13.0. The predicted octanol–water partition coefficient (Wildman–Crippen LogP) is 3.57. The highest BCUT2D eigenvalue weighted by molar-refractivity contribution is 7.92. The lowest BCUT2D eigenvalue weighted by molar-refractivity contribution is 0.102.